The Labute approximate surface area is 63.1 Å². The van der Waals surface area contributed by atoms with E-state index >= 15 is 0 Å². The molecule has 0 bridgehead atoms. The lowest BCUT2D eigenvalue weighted by atomic mass is 10.2. The zero-order valence-electron chi connectivity index (χ0n) is 5.95. The van der Waals surface area contributed by atoms with Crippen LogP contribution in [-0.4, -0.2) is 0 Å². The van der Waals surface area contributed by atoms with Crippen LogP contribution in [0, 0.1) is 12.7 Å². The number of halogens is 1. The third kappa shape index (κ3) is 1.95. The minimum absolute atomic E-state index is 0.310. The summed E-state index contributed by atoms with van der Waals surface area (Å²) >= 11 is 0. The maximum Gasteiger partial charge on any atom is 0.123 e. The molecule has 0 amide bonds. The molecule has 0 unspecified atom stereocenters. The summed E-state index contributed by atoms with van der Waals surface area (Å²) in [5, 5.41) is 3.27. The number of nitrogens with zero attached hydrogens (tertiary/aromatic N) is 3. The molecule has 0 N–H and O–H groups in total. The molecule has 0 saturated heterocycles. The van der Waals surface area contributed by atoms with E-state index in [1.807, 2.05) is 0 Å². The van der Waals surface area contributed by atoms with E-state index in [0.717, 1.165) is 5.56 Å². The molecule has 1 aromatic carbocycles. The van der Waals surface area contributed by atoms with Gasteiger partial charge in [-0.1, -0.05) is 5.11 Å². The van der Waals surface area contributed by atoms with E-state index in [-0.39, 0.29) is 5.82 Å². The first kappa shape index (κ1) is 7.57. The van der Waals surface area contributed by atoms with E-state index < -0.39 is 0 Å². The van der Waals surface area contributed by atoms with Gasteiger partial charge in [0.05, 0.1) is 0 Å². The zero-order chi connectivity index (χ0) is 8.27. The first-order valence-corrected chi connectivity index (χ1v) is 3.04. The van der Waals surface area contributed by atoms with Crippen molar-refractivity contribution < 1.29 is 4.39 Å². The molecule has 0 aliphatic rings. The maximum absolute atomic E-state index is 12.6. The van der Waals surface area contributed by atoms with Crippen LogP contribution < -0.4 is 0 Å². The van der Waals surface area contributed by atoms with Gasteiger partial charge in [-0.05, 0) is 36.2 Å². The molecule has 0 atom stereocenters. The molecular formula is C7H6FN3. The Balaban J connectivity index is 3.18. The number of hydrogen-bond acceptors (Lipinski definition) is 1. The van der Waals surface area contributed by atoms with Crippen molar-refractivity contribution in [2.75, 3.05) is 0 Å². The van der Waals surface area contributed by atoms with Crippen molar-refractivity contribution in [2.45, 2.75) is 6.92 Å². The summed E-state index contributed by atoms with van der Waals surface area (Å²) in [7, 11) is 0. The predicted octanol–water partition coefficient (Wildman–Crippen LogP) is 3.08. The van der Waals surface area contributed by atoms with Gasteiger partial charge in [0.2, 0.25) is 0 Å². The second-order valence-electron chi connectivity index (χ2n) is 2.18. The van der Waals surface area contributed by atoms with Crippen molar-refractivity contribution >= 4 is 5.69 Å². The molecule has 1 aromatic rings. The van der Waals surface area contributed by atoms with Crippen LogP contribution in [0.15, 0.2) is 23.3 Å². The fourth-order valence-corrected chi connectivity index (χ4v) is 0.826. The first-order chi connectivity index (χ1) is 5.22. The van der Waals surface area contributed by atoms with Gasteiger partial charge >= 0.3 is 0 Å². The Morgan fingerprint density at radius 3 is 2.73 bits per heavy atom. The minimum Gasteiger partial charge on any atom is -0.207 e. The smallest absolute Gasteiger partial charge is 0.123 e. The minimum atomic E-state index is -0.382. The molecule has 0 heterocycles. The highest BCUT2D eigenvalue weighted by Gasteiger charge is 1.93. The fraction of sp³-hybridized carbons (Fsp3) is 0.143. The molecule has 0 fully saturated rings. The third-order valence-corrected chi connectivity index (χ3v) is 1.19. The van der Waals surface area contributed by atoms with E-state index in [0.29, 0.717) is 5.69 Å². The van der Waals surface area contributed by atoms with E-state index in [4.69, 9.17) is 5.53 Å². The summed E-state index contributed by atoms with van der Waals surface area (Å²) in [6, 6.07) is 4.17. The quantitative estimate of drug-likeness (QED) is 0.336. The SMILES string of the molecule is Cc1cc(F)cc(N=[N+]=[N-])c1. The Bertz CT molecular complexity index is 295. The molecule has 3 nitrogen and oxygen atoms in total. The number of azide groups is 1. The second kappa shape index (κ2) is 3.03. The molecular weight excluding hydrogens is 145 g/mol. The Hall–Kier alpha value is -1.54. The van der Waals surface area contributed by atoms with Crippen molar-refractivity contribution in [1.29, 1.82) is 0 Å². The lowest BCUT2D eigenvalue weighted by Gasteiger charge is -1.94. The molecule has 0 aliphatic carbocycles. The Morgan fingerprint density at radius 2 is 2.18 bits per heavy atom. The largest absolute Gasteiger partial charge is 0.207 e. The number of rotatable bonds is 1. The third-order valence-electron chi connectivity index (χ3n) is 1.19. The highest BCUT2D eigenvalue weighted by atomic mass is 19.1. The van der Waals surface area contributed by atoms with Crippen LogP contribution in [0.1, 0.15) is 5.56 Å². The van der Waals surface area contributed by atoms with Crippen molar-refractivity contribution in [3.63, 3.8) is 0 Å². The van der Waals surface area contributed by atoms with Crippen molar-refractivity contribution in [1.82, 2.24) is 0 Å². The summed E-state index contributed by atoms with van der Waals surface area (Å²) in [5.74, 6) is -0.382. The molecule has 0 aromatic heterocycles. The van der Waals surface area contributed by atoms with Gasteiger partial charge in [-0.2, -0.15) is 0 Å². The average Bonchev–Trinajstić information content (AvgIpc) is 1.85. The monoisotopic (exact) mass is 151 g/mol. The number of hydrogen-bond donors (Lipinski definition) is 0. The van der Waals surface area contributed by atoms with Crippen molar-refractivity contribution in [3.05, 3.63) is 40.0 Å². The number of aryl methyl sites for hydroxylation is 1. The molecule has 0 saturated carbocycles. The van der Waals surface area contributed by atoms with Crippen LogP contribution in [0.5, 0.6) is 0 Å². The van der Waals surface area contributed by atoms with Crippen LogP contribution in [0.3, 0.4) is 0 Å². The topological polar surface area (TPSA) is 48.8 Å². The van der Waals surface area contributed by atoms with E-state index in [1.54, 1.807) is 13.0 Å². The van der Waals surface area contributed by atoms with Crippen LogP contribution >= 0.6 is 0 Å². The van der Waals surface area contributed by atoms with Crippen LogP contribution in [0.4, 0.5) is 10.1 Å². The Morgan fingerprint density at radius 1 is 1.45 bits per heavy atom. The first-order valence-electron chi connectivity index (χ1n) is 3.04. The summed E-state index contributed by atoms with van der Waals surface area (Å²) in [5.41, 5.74) is 9.09. The molecule has 0 spiro atoms. The summed E-state index contributed by atoms with van der Waals surface area (Å²) in [6.45, 7) is 1.74. The van der Waals surface area contributed by atoms with Crippen LogP contribution in [0.2, 0.25) is 0 Å². The van der Waals surface area contributed by atoms with E-state index in [2.05, 4.69) is 10.0 Å². The van der Waals surface area contributed by atoms with Gasteiger partial charge in [-0.3, -0.25) is 0 Å². The lowest BCUT2D eigenvalue weighted by Crippen LogP contribution is -1.75. The summed E-state index contributed by atoms with van der Waals surface area (Å²) in [6.07, 6.45) is 0. The second-order valence-corrected chi connectivity index (χ2v) is 2.18. The van der Waals surface area contributed by atoms with Gasteiger partial charge in [0.1, 0.15) is 5.82 Å². The van der Waals surface area contributed by atoms with Gasteiger partial charge in [0, 0.05) is 10.6 Å². The molecule has 0 radical (unpaired) electrons. The van der Waals surface area contributed by atoms with Crippen LogP contribution in [0.25, 0.3) is 10.4 Å². The Kier molecular flexibility index (Phi) is 2.09. The standard InChI is InChI=1S/C7H6FN3/c1-5-2-6(8)4-7(3-5)10-11-9/h2-4H,1H3. The van der Waals surface area contributed by atoms with Gasteiger partial charge in [-0.25, -0.2) is 4.39 Å². The molecule has 56 valence electrons. The predicted molar refractivity (Wildman–Crippen MR) is 39.9 cm³/mol. The van der Waals surface area contributed by atoms with Gasteiger partial charge in [-0.15, -0.1) is 0 Å². The normalized spacial score (nSPS) is 8.91. The average molecular weight is 151 g/mol. The van der Waals surface area contributed by atoms with E-state index in [1.165, 1.54) is 12.1 Å². The molecule has 11 heavy (non-hydrogen) atoms. The van der Waals surface area contributed by atoms with Gasteiger partial charge in [0.25, 0.3) is 0 Å². The lowest BCUT2D eigenvalue weighted by molar-refractivity contribution is 0.627. The maximum atomic E-state index is 12.6. The van der Waals surface area contributed by atoms with Crippen molar-refractivity contribution in [2.24, 2.45) is 5.11 Å². The molecule has 0 aliphatic heterocycles. The molecule has 4 heteroatoms. The van der Waals surface area contributed by atoms with Gasteiger partial charge in [0.15, 0.2) is 0 Å². The summed E-state index contributed by atoms with van der Waals surface area (Å²) < 4.78 is 12.6. The van der Waals surface area contributed by atoms with Crippen molar-refractivity contribution in [3.8, 4) is 0 Å². The number of benzene rings is 1. The highest BCUT2D eigenvalue weighted by Crippen LogP contribution is 2.15. The van der Waals surface area contributed by atoms with Crippen LogP contribution in [-0.2, 0) is 0 Å². The zero-order valence-corrected chi connectivity index (χ0v) is 5.95. The van der Waals surface area contributed by atoms with Gasteiger partial charge < -0.3 is 0 Å². The fourth-order valence-electron chi connectivity index (χ4n) is 0.826. The highest BCUT2D eigenvalue weighted by molar-refractivity contribution is 5.40. The van der Waals surface area contributed by atoms with E-state index in [9.17, 15) is 4.39 Å². The summed E-state index contributed by atoms with van der Waals surface area (Å²) in [4.78, 5) is 2.55. The molecule has 1 rings (SSSR count).